The van der Waals surface area contributed by atoms with Gasteiger partial charge in [-0.25, -0.2) is 9.18 Å². The molecule has 29 heavy (non-hydrogen) atoms. The molecule has 0 amide bonds. The van der Waals surface area contributed by atoms with Crippen molar-refractivity contribution in [3.05, 3.63) is 59.9 Å². The number of esters is 1. The zero-order chi connectivity index (χ0) is 21.3. The first-order valence-corrected chi connectivity index (χ1v) is 10.7. The largest absolute Gasteiger partial charge is 0.491 e. The molecular weight excluding hydrogens is 403 g/mol. The molecule has 0 heterocycles. The Morgan fingerprint density at radius 2 is 1.62 bits per heavy atom. The second-order valence-electron chi connectivity index (χ2n) is 6.04. The van der Waals surface area contributed by atoms with Gasteiger partial charge in [0.1, 0.15) is 30.5 Å². The summed E-state index contributed by atoms with van der Waals surface area (Å²) in [6.07, 6.45) is 0.319. The fourth-order valence-electron chi connectivity index (χ4n) is 2.37. The van der Waals surface area contributed by atoms with Crippen LogP contribution in [0.1, 0.15) is 12.5 Å². The summed E-state index contributed by atoms with van der Waals surface area (Å²) in [5, 5.41) is 0. The number of halogens is 1. The summed E-state index contributed by atoms with van der Waals surface area (Å²) in [7, 11) is -3.50. The number of carbonyl (C=O) groups is 1. The van der Waals surface area contributed by atoms with Gasteiger partial charge in [0.15, 0.2) is 6.10 Å². The van der Waals surface area contributed by atoms with Crippen molar-refractivity contribution in [3.63, 3.8) is 0 Å². The molecule has 0 spiro atoms. The number of ether oxygens (including phenoxy) is 3. The van der Waals surface area contributed by atoms with Crippen LogP contribution in [0, 0.1) is 5.82 Å². The average Bonchev–Trinajstić information content (AvgIpc) is 2.67. The summed E-state index contributed by atoms with van der Waals surface area (Å²) in [4.78, 5) is 12.2. The van der Waals surface area contributed by atoms with Crippen molar-refractivity contribution in [3.8, 4) is 11.5 Å². The molecule has 0 radical (unpaired) electrons. The standard InChI is InChI=1S/C20H23FO7S/c1-3-25-20(22)19(28-18-10-6-16(21)7-11-18)14-15-4-8-17(9-5-15)26-12-13-27-29(2,23)24/h4-11,19H,3,12-14H2,1-2H3. The highest BCUT2D eigenvalue weighted by molar-refractivity contribution is 7.85. The Bertz CT molecular complexity index is 880. The Labute approximate surface area is 169 Å². The van der Waals surface area contributed by atoms with Crippen LogP contribution in [0.5, 0.6) is 11.5 Å². The second kappa shape index (κ2) is 10.8. The van der Waals surface area contributed by atoms with Crippen LogP contribution in [0.15, 0.2) is 48.5 Å². The Hall–Kier alpha value is -2.65. The molecule has 0 aliphatic carbocycles. The van der Waals surface area contributed by atoms with Gasteiger partial charge in [0.25, 0.3) is 10.1 Å². The number of carbonyl (C=O) groups excluding carboxylic acids is 1. The van der Waals surface area contributed by atoms with Crippen LogP contribution in [-0.2, 0) is 30.3 Å². The Balaban J connectivity index is 1.96. The Kier molecular flexibility index (Phi) is 8.41. The molecule has 0 aromatic heterocycles. The van der Waals surface area contributed by atoms with Gasteiger partial charge in [-0.2, -0.15) is 8.42 Å². The number of hydrogen-bond donors (Lipinski definition) is 0. The number of benzene rings is 2. The van der Waals surface area contributed by atoms with Crippen LogP contribution in [0.25, 0.3) is 0 Å². The molecule has 9 heteroatoms. The summed E-state index contributed by atoms with van der Waals surface area (Å²) < 4.78 is 55.6. The maximum absolute atomic E-state index is 13.1. The van der Waals surface area contributed by atoms with Crippen molar-refractivity contribution < 1.29 is 36.0 Å². The number of hydrogen-bond acceptors (Lipinski definition) is 7. The fraction of sp³-hybridized carbons (Fsp3) is 0.350. The molecule has 2 aromatic carbocycles. The van der Waals surface area contributed by atoms with E-state index in [0.29, 0.717) is 11.5 Å². The predicted octanol–water partition coefficient (Wildman–Crippen LogP) is 2.73. The lowest BCUT2D eigenvalue weighted by Crippen LogP contribution is -2.31. The van der Waals surface area contributed by atoms with E-state index >= 15 is 0 Å². The van der Waals surface area contributed by atoms with Gasteiger partial charge >= 0.3 is 5.97 Å². The third-order valence-electron chi connectivity index (χ3n) is 3.64. The van der Waals surface area contributed by atoms with E-state index in [0.717, 1.165) is 11.8 Å². The van der Waals surface area contributed by atoms with Crippen molar-refractivity contribution in [2.24, 2.45) is 0 Å². The smallest absolute Gasteiger partial charge is 0.347 e. The summed E-state index contributed by atoms with van der Waals surface area (Å²) in [5.41, 5.74) is 0.796. The van der Waals surface area contributed by atoms with E-state index < -0.39 is 28.0 Å². The molecule has 1 atom stereocenters. The molecule has 0 aliphatic heterocycles. The number of rotatable bonds is 11. The first-order valence-electron chi connectivity index (χ1n) is 8.92. The zero-order valence-electron chi connectivity index (χ0n) is 16.2. The van der Waals surface area contributed by atoms with E-state index in [4.69, 9.17) is 14.2 Å². The minimum absolute atomic E-state index is 0.0749. The molecule has 1 unspecified atom stereocenters. The maximum atomic E-state index is 13.1. The van der Waals surface area contributed by atoms with Crippen molar-refractivity contribution in [2.45, 2.75) is 19.4 Å². The van der Waals surface area contributed by atoms with Crippen LogP contribution in [-0.4, -0.2) is 46.6 Å². The van der Waals surface area contributed by atoms with Gasteiger partial charge in [0.05, 0.1) is 12.9 Å². The van der Waals surface area contributed by atoms with E-state index in [1.807, 2.05) is 0 Å². The predicted molar refractivity (Wildman–Crippen MR) is 104 cm³/mol. The third kappa shape index (κ3) is 8.49. The van der Waals surface area contributed by atoms with Gasteiger partial charge in [-0.1, -0.05) is 12.1 Å². The highest BCUT2D eigenvalue weighted by Crippen LogP contribution is 2.18. The lowest BCUT2D eigenvalue weighted by atomic mass is 10.1. The topological polar surface area (TPSA) is 88.1 Å². The SMILES string of the molecule is CCOC(=O)C(Cc1ccc(OCCOS(C)(=O)=O)cc1)Oc1ccc(F)cc1. The van der Waals surface area contributed by atoms with Crippen molar-refractivity contribution in [2.75, 3.05) is 26.1 Å². The summed E-state index contributed by atoms with van der Waals surface area (Å²) in [6.45, 7) is 1.90. The maximum Gasteiger partial charge on any atom is 0.347 e. The zero-order valence-corrected chi connectivity index (χ0v) is 17.0. The molecule has 0 saturated heterocycles. The van der Waals surface area contributed by atoms with E-state index in [1.165, 1.54) is 24.3 Å². The van der Waals surface area contributed by atoms with Crippen molar-refractivity contribution in [1.29, 1.82) is 0 Å². The van der Waals surface area contributed by atoms with Gasteiger partial charge in [0, 0.05) is 6.42 Å². The summed E-state index contributed by atoms with van der Waals surface area (Å²) in [5.74, 6) is -0.0362. The van der Waals surface area contributed by atoms with Crippen molar-refractivity contribution >= 4 is 16.1 Å². The average molecular weight is 426 g/mol. The van der Waals surface area contributed by atoms with E-state index in [-0.39, 0.29) is 26.2 Å². The summed E-state index contributed by atoms with van der Waals surface area (Å²) >= 11 is 0. The fourth-order valence-corrected chi connectivity index (χ4v) is 2.74. The van der Waals surface area contributed by atoms with Gasteiger partial charge in [0.2, 0.25) is 0 Å². The molecule has 2 rings (SSSR count). The van der Waals surface area contributed by atoms with Gasteiger partial charge in [-0.05, 0) is 48.9 Å². The third-order valence-corrected chi connectivity index (χ3v) is 4.23. The Morgan fingerprint density at radius 3 is 2.21 bits per heavy atom. The first-order chi connectivity index (χ1) is 13.8. The van der Waals surface area contributed by atoms with Crippen LogP contribution in [0.3, 0.4) is 0 Å². The minimum atomic E-state index is -3.50. The second-order valence-corrected chi connectivity index (χ2v) is 7.68. The lowest BCUT2D eigenvalue weighted by Gasteiger charge is -2.18. The molecule has 0 fully saturated rings. The first kappa shape index (κ1) is 22.6. The van der Waals surface area contributed by atoms with E-state index in [1.54, 1.807) is 31.2 Å². The molecule has 7 nitrogen and oxygen atoms in total. The molecule has 0 bridgehead atoms. The molecule has 0 N–H and O–H groups in total. The van der Waals surface area contributed by atoms with Crippen LogP contribution < -0.4 is 9.47 Å². The van der Waals surface area contributed by atoms with Crippen LogP contribution >= 0.6 is 0 Å². The Morgan fingerprint density at radius 1 is 1.00 bits per heavy atom. The molecule has 2 aromatic rings. The summed E-state index contributed by atoms with van der Waals surface area (Å²) in [6, 6.07) is 12.3. The van der Waals surface area contributed by atoms with Gasteiger partial charge in [-0.3, -0.25) is 4.18 Å². The lowest BCUT2D eigenvalue weighted by molar-refractivity contribution is -0.151. The highest BCUT2D eigenvalue weighted by Gasteiger charge is 2.22. The molecular formula is C20H23FO7S. The highest BCUT2D eigenvalue weighted by atomic mass is 32.2. The quantitative estimate of drug-likeness (QED) is 0.310. The van der Waals surface area contributed by atoms with Gasteiger partial charge < -0.3 is 14.2 Å². The van der Waals surface area contributed by atoms with Crippen LogP contribution in [0.2, 0.25) is 0 Å². The molecule has 158 valence electrons. The minimum Gasteiger partial charge on any atom is -0.491 e. The van der Waals surface area contributed by atoms with E-state index in [2.05, 4.69) is 4.18 Å². The van der Waals surface area contributed by atoms with E-state index in [9.17, 15) is 17.6 Å². The monoisotopic (exact) mass is 426 g/mol. The van der Waals surface area contributed by atoms with Crippen LogP contribution in [0.4, 0.5) is 4.39 Å². The van der Waals surface area contributed by atoms with Crippen molar-refractivity contribution in [1.82, 2.24) is 0 Å². The normalized spacial score (nSPS) is 12.2. The van der Waals surface area contributed by atoms with Gasteiger partial charge in [-0.15, -0.1) is 0 Å². The molecule has 0 saturated carbocycles. The molecule has 0 aliphatic rings.